The van der Waals surface area contributed by atoms with Crippen molar-refractivity contribution in [2.24, 2.45) is 0 Å². The molecule has 3 rings (SSSR count). The molecular weight excluding hydrogens is 424 g/mol. The van der Waals surface area contributed by atoms with Crippen LogP contribution in [0.3, 0.4) is 0 Å². The Morgan fingerprint density at radius 2 is 2.17 bits per heavy atom. The van der Waals surface area contributed by atoms with Gasteiger partial charge in [0.2, 0.25) is 11.8 Å². The van der Waals surface area contributed by atoms with Gasteiger partial charge in [0.15, 0.2) is 5.16 Å². The van der Waals surface area contributed by atoms with Crippen molar-refractivity contribution in [3.63, 3.8) is 0 Å². The summed E-state index contributed by atoms with van der Waals surface area (Å²) in [5.41, 5.74) is 1.58. The standard InChI is InChI=1S/C20H26N4O4S2/c1-6-27-9-7-8-24-19(26)16-12(3)13(4)29-18(16)22-20(24)30-14(5)17(25)21-15-10-11(2)23-28-15/h10,14H,6-9H2,1-5H3,(H,21,25)/t14-/m0/s1. The summed E-state index contributed by atoms with van der Waals surface area (Å²) in [6, 6.07) is 1.65. The number of carbonyl (C=O) groups excluding carboxylic acids is 1. The second-order valence-corrected chi connectivity index (χ2v) is 9.46. The minimum absolute atomic E-state index is 0.0701. The van der Waals surface area contributed by atoms with Gasteiger partial charge in [0, 0.05) is 30.7 Å². The zero-order chi connectivity index (χ0) is 21.8. The third-order valence-electron chi connectivity index (χ3n) is 4.65. The summed E-state index contributed by atoms with van der Waals surface area (Å²) < 4.78 is 12.1. The van der Waals surface area contributed by atoms with E-state index in [0.29, 0.717) is 53.1 Å². The number of amides is 1. The lowest BCUT2D eigenvalue weighted by atomic mass is 10.2. The molecule has 1 amide bonds. The Hall–Kier alpha value is -2.17. The van der Waals surface area contributed by atoms with Crippen LogP contribution in [0.5, 0.6) is 0 Å². The number of rotatable bonds is 9. The monoisotopic (exact) mass is 450 g/mol. The largest absolute Gasteiger partial charge is 0.382 e. The number of nitrogens with zero attached hydrogens (tertiary/aromatic N) is 3. The summed E-state index contributed by atoms with van der Waals surface area (Å²) >= 11 is 2.76. The highest BCUT2D eigenvalue weighted by Gasteiger charge is 2.22. The molecule has 162 valence electrons. The number of aromatic nitrogens is 3. The van der Waals surface area contributed by atoms with Crippen LogP contribution < -0.4 is 10.9 Å². The van der Waals surface area contributed by atoms with Crippen molar-refractivity contribution in [1.82, 2.24) is 14.7 Å². The molecule has 0 aliphatic carbocycles. The molecule has 0 saturated carbocycles. The topological polar surface area (TPSA) is 99.2 Å². The molecule has 0 aromatic carbocycles. The zero-order valence-electron chi connectivity index (χ0n) is 17.8. The highest BCUT2D eigenvalue weighted by molar-refractivity contribution is 8.00. The summed E-state index contributed by atoms with van der Waals surface area (Å²) in [6.45, 7) is 11.1. The van der Waals surface area contributed by atoms with Gasteiger partial charge in [0.05, 0.1) is 16.3 Å². The average molecular weight is 451 g/mol. The number of hydrogen-bond donors (Lipinski definition) is 1. The Bertz CT molecular complexity index is 1100. The molecule has 8 nitrogen and oxygen atoms in total. The molecule has 0 bridgehead atoms. The molecule has 3 aromatic rings. The summed E-state index contributed by atoms with van der Waals surface area (Å²) in [5.74, 6) is 0.0527. The predicted octanol–water partition coefficient (Wildman–Crippen LogP) is 3.92. The lowest BCUT2D eigenvalue weighted by Gasteiger charge is -2.15. The highest BCUT2D eigenvalue weighted by Crippen LogP contribution is 2.30. The fraction of sp³-hybridized carbons (Fsp3) is 0.500. The minimum Gasteiger partial charge on any atom is -0.382 e. The van der Waals surface area contributed by atoms with E-state index in [0.717, 1.165) is 10.4 Å². The maximum atomic E-state index is 13.2. The number of anilines is 1. The maximum Gasteiger partial charge on any atom is 0.263 e. The van der Waals surface area contributed by atoms with E-state index in [1.807, 2.05) is 20.8 Å². The Labute approximate surface area is 183 Å². The van der Waals surface area contributed by atoms with Crippen LogP contribution in [-0.4, -0.2) is 39.1 Å². The molecule has 0 unspecified atom stereocenters. The molecule has 0 aliphatic heterocycles. The van der Waals surface area contributed by atoms with Gasteiger partial charge < -0.3 is 9.26 Å². The summed E-state index contributed by atoms with van der Waals surface area (Å²) in [7, 11) is 0. The van der Waals surface area contributed by atoms with Crippen LogP contribution in [0, 0.1) is 20.8 Å². The van der Waals surface area contributed by atoms with Crippen molar-refractivity contribution in [3.05, 3.63) is 32.6 Å². The molecule has 0 spiro atoms. The Kier molecular flexibility index (Phi) is 7.32. The number of ether oxygens (including phenoxy) is 1. The second-order valence-electron chi connectivity index (χ2n) is 6.95. The van der Waals surface area contributed by atoms with Crippen molar-refractivity contribution in [2.75, 3.05) is 18.5 Å². The van der Waals surface area contributed by atoms with Crippen molar-refractivity contribution in [1.29, 1.82) is 0 Å². The van der Waals surface area contributed by atoms with E-state index in [1.54, 1.807) is 24.5 Å². The Morgan fingerprint density at radius 3 is 2.83 bits per heavy atom. The van der Waals surface area contributed by atoms with Crippen LogP contribution in [0.4, 0.5) is 5.88 Å². The first-order valence-corrected chi connectivity index (χ1v) is 11.5. The van der Waals surface area contributed by atoms with Gasteiger partial charge in [-0.2, -0.15) is 0 Å². The fourth-order valence-corrected chi connectivity index (χ4v) is 4.93. The van der Waals surface area contributed by atoms with E-state index >= 15 is 0 Å². The van der Waals surface area contributed by atoms with Crippen molar-refractivity contribution >= 4 is 45.1 Å². The summed E-state index contributed by atoms with van der Waals surface area (Å²) in [5, 5.41) is 7.18. The number of thioether (sulfide) groups is 1. The smallest absolute Gasteiger partial charge is 0.263 e. The van der Waals surface area contributed by atoms with Gasteiger partial charge in [-0.15, -0.1) is 11.3 Å². The van der Waals surface area contributed by atoms with Gasteiger partial charge in [-0.1, -0.05) is 16.9 Å². The number of fused-ring (bicyclic) bond motifs is 1. The van der Waals surface area contributed by atoms with Gasteiger partial charge in [-0.05, 0) is 46.6 Å². The normalized spacial score (nSPS) is 12.4. The molecule has 10 heteroatoms. The van der Waals surface area contributed by atoms with Crippen LogP contribution in [0.2, 0.25) is 0 Å². The molecular formula is C20H26N4O4S2. The van der Waals surface area contributed by atoms with Crippen LogP contribution >= 0.6 is 23.1 Å². The van der Waals surface area contributed by atoms with E-state index in [-0.39, 0.29) is 11.5 Å². The van der Waals surface area contributed by atoms with Gasteiger partial charge >= 0.3 is 0 Å². The maximum absolute atomic E-state index is 13.2. The SMILES string of the molecule is CCOCCCn1c(S[C@@H](C)C(=O)Nc2cc(C)no2)nc2sc(C)c(C)c2c1=O. The van der Waals surface area contributed by atoms with E-state index < -0.39 is 5.25 Å². The van der Waals surface area contributed by atoms with Crippen molar-refractivity contribution < 1.29 is 14.1 Å². The van der Waals surface area contributed by atoms with E-state index in [2.05, 4.69) is 10.5 Å². The first-order valence-electron chi connectivity index (χ1n) is 9.81. The van der Waals surface area contributed by atoms with Gasteiger partial charge in [0.25, 0.3) is 5.56 Å². The third-order valence-corrected chi connectivity index (χ3v) is 6.85. The Balaban J connectivity index is 1.88. The molecule has 3 aromatic heterocycles. The first-order chi connectivity index (χ1) is 14.3. The number of aryl methyl sites for hydroxylation is 3. The van der Waals surface area contributed by atoms with Crippen molar-refractivity contribution in [2.45, 2.75) is 58.0 Å². The molecule has 1 N–H and O–H groups in total. The molecule has 0 fully saturated rings. The van der Waals surface area contributed by atoms with E-state index in [1.165, 1.54) is 23.1 Å². The number of hydrogen-bond acceptors (Lipinski definition) is 8. The number of carbonyl (C=O) groups is 1. The predicted molar refractivity (Wildman–Crippen MR) is 120 cm³/mol. The molecule has 0 aliphatic rings. The average Bonchev–Trinajstić information content (AvgIpc) is 3.23. The molecule has 1 atom stereocenters. The van der Waals surface area contributed by atoms with Crippen LogP contribution in [-0.2, 0) is 16.1 Å². The second kappa shape index (κ2) is 9.76. The van der Waals surface area contributed by atoms with Crippen LogP contribution in [0.25, 0.3) is 10.2 Å². The number of thiophene rings is 1. The van der Waals surface area contributed by atoms with Gasteiger partial charge in [0.1, 0.15) is 4.83 Å². The molecule has 30 heavy (non-hydrogen) atoms. The minimum atomic E-state index is -0.486. The van der Waals surface area contributed by atoms with E-state index in [9.17, 15) is 9.59 Å². The summed E-state index contributed by atoms with van der Waals surface area (Å²) in [4.78, 5) is 32.4. The summed E-state index contributed by atoms with van der Waals surface area (Å²) in [6.07, 6.45) is 0.689. The number of nitrogens with one attached hydrogen (secondary N) is 1. The first kappa shape index (κ1) is 22.5. The lowest BCUT2D eigenvalue weighted by Crippen LogP contribution is -2.27. The fourth-order valence-electron chi connectivity index (χ4n) is 2.92. The highest BCUT2D eigenvalue weighted by atomic mass is 32.2. The molecule has 0 saturated heterocycles. The van der Waals surface area contributed by atoms with Crippen LogP contribution in [0.15, 0.2) is 20.5 Å². The molecule has 3 heterocycles. The zero-order valence-corrected chi connectivity index (χ0v) is 19.4. The van der Waals surface area contributed by atoms with Gasteiger partial charge in [-0.3, -0.25) is 19.5 Å². The molecule has 0 radical (unpaired) electrons. The third kappa shape index (κ3) is 4.93. The quantitative estimate of drug-likeness (QED) is 0.300. The lowest BCUT2D eigenvalue weighted by molar-refractivity contribution is -0.115. The Morgan fingerprint density at radius 1 is 1.40 bits per heavy atom. The van der Waals surface area contributed by atoms with E-state index in [4.69, 9.17) is 14.2 Å². The van der Waals surface area contributed by atoms with Crippen LogP contribution in [0.1, 0.15) is 36.4 Å². The van der Waals surface area contributed by atoms with Gasteiger partial charge in [-0.25, -0.2) is 4.98 Å². The van der Waals surface area contributed by atoms with Crippen molar-refractivity contribution in [3.8, 4) is 0 Å².